The lowest BCUT2D eigenvalue weighted by molar-refractivity contribution is -0.110. The molecule has 0 atom stereocenters. The zero-order valence-corrected chi connectivity index (χ0v) is 13.2. The van der Waals surface area contributed by atoms with Crippen LogP contribution in [0.4, 0.5) is 11.4 Å². The van der Waals surface area contributed by atoms with Crippen molar-refractivity contribution in [3.8, 4) is 0 Å². The number of benzene rings is 2. The Kier molecular flexibility index (Phi) is 2.96. The normalized spacial score (nSPS) is 18.3. The average Bonchev–Trinajstić information content (AvgIpc) is 3.05. The van der Waals surface area contributed by atoms with Gasteiger partial charge in [-0.2, -0.15) is 0 Å². The number of rotatable bonds is 1. The minimum absolute atomic E-state index is 0.234. The molecule has 2 aliphatic rings. The van der Waals surface area contributed by atoms with Crippen LogP contribution in [0.25, 0.3) is 5.57 Å². The van der Waals surface area contributed by atoms with E-state index >= 15 is 0 Å². The highest BCUT2D eigenvalue weighted by atomic mass is 79.9. The van der Waals surface area contributed by atoms with Crippen LogP contribution in [0.3, 0.4) is 0 Å². The van der Waals surface area contributed by atoms with Crippen LogP contribution < -0.4 is 10.6 Å². The molecule has 0 aliphatic carbocycles. The van der Waals surface area contributed by atoms with E-state index in [4.69, 9.17) is 0 Å². The number of ketones is 1. The van der Waals surface area contributed by atoms with Crippen LogP contribution in [0.5, 0.6) is 0 Å². The molecule has 0 spiro atoms. The third-order valence-corrected chi connectivity index (χ3v) is 4.57. The van der Waals surface area contributed by atoms with Crippen molar-refractivity contribution in [2.45, 2.75) is 0 Å². The quantitative estimate of drug-likeness (QED) is 0.598. The summed E-state index contributed by atoms with van der Waals surface area (Å²) in [7, 11) is 0. The number of halogens is 1. The second-order valence-corrected chi connectivity index (χ2v) is 6.10. The number of nitrogens with one attached hydrogen (secondary N) is 2. The van der Waals surface area contributed by atoms with Gasteiger partial charge in [-0.25, -0.2) is 0 Å². The third-order valence-electron chi connectivity index (χ3n) is 3.91. The largest absolute Gasteiger partial charge is 0.351 e. The Morgan fingerprint density at radius 2 is 1.83 bits per heavy atom. The predicted octanol–water partition coefficient (Wildman–Crippen LogP) is 3.23. The minimum Gasteiger partial charge on any atom is -0.351 e. The van der Waals surface area contributed by atoms with Crippen LogP contribution in [-0.4, -0.2) is 18.0 Å². The number of Topliss-reactive ketones (excluding diaryl/α,β-unsaturated/α-hetero) is 1. The minimum atomic E-state index is -0.328. The van der Waals surface area contributed by atoms with Gasteiger partial charge in [-0.15, -0.1) is 0 Å². The maximum Gasteiger partial charge on any atom is 0.258 e. The van der Waals surface area contributed by atoms with Gasteiger partial charge < -0.3 is 10.6 Å². The fourth-order valence-corrected chi connectivity index (χ4v) is 3.31. The molecule has 4 rings (SSSR count). The van der Waals surface area contributed by atoms with Crippen molar-refractivity contribution >= 4 is 50.9 Å². The summed E-state index contributed by atoms with van der Waals surface area (Å²) in [5, 5.41) is 5.78. The summed E-state index contributed by atoms with van der Waals surface area (Å²) >= 11 is 3.39. The third kappa shape index (κ3) is 1.95. The van der Waals surface area contributed by atoms with Gasteiger partial charge in [0.05, 0.1) is 11.3 Å². The summed E-state index contributed by atoms with van der Waals surface area (Å²) in [6.45, 7) is 0. The fraction of sp³-hybridized carbons (Fsp3) is 0. The van der Waals surface area contributed by atoms with Gasteiger partial charge in [-0.1, -0.05) is 12.1 Å². The van der Waals surface area contributed by atoms with E-state index in [1.807, 2.05) is 6.07 Å². The van der Waals surface area contributed by atoms with Gasteiger partial charge in [0.15, 0.2) is 0 Å². The van der Waals surface area contributed by atoms with Crippen LogP contribution >= 0.6 is 15.9 Å². The number of carbonyl (C=O) groups excluding carboxylic acids is 3. The highest BCUT2D eigenvalue weighted by molar-refractivity contribution is 9.10. The highest BCUT2D eigenvalue weighted by Crippen LogP contribution is 2.41. The lowest BCUT2D eigenvalue weighted by Crippen LogP contribution is -2.11. The molecule has 2 aliphatic heterocycles. The number of carbonyl (C=O) groups is 3. The molecule has 0 saturated carbocycles. The Labute approximate surface area is 139 Å². The van der Waals surface area contributed by atoms with Gasteiger partial charge >= 0.3 is 0 Å². The number of para-hydroxylation sites is 1. The second kappa shape index (κ2) is 4.89. The van der Waals surface area contributed by atoms with E-state index in [9.17, 15) is 14.4 Å². The first-order valence-electron chi connectivity index (χ1n) is 6.85. The lowest BCUT2D eigenvalue weighted by atomic mass is 10.0. The van der Waals surface area contributed by atoms with Crippen LogP contribution in [0.1, 0.15) is 26.3 Å². The van der Waals surface area contributed by atoms with Crippen LogP contribution in [0, 0.1) is 0 Å². The number of amides is 1. The summed E-state index contributed by atoms with van der Waals surface area (Å²) in [6.07, 6.45) is 0.688. The smallest absolute Gasteiger partial charge is 0.258 e. The van der Waals surface area contributed by atoms with E-state index in [1.165, 1.54) is 6.07 Å². The Bertz CT molecular complexity index is 947. The van der Waals surface area contributed by atoms with Crippen molar-refractivity contribution in [2.24, 2.45) is 0 Å². The van der Waals surface area contributed by atoms with E-state index in [0.717, 1.165) is 4.47 Å². The van der Waals surface area contributed by atoms with E-state index in [-0.39, 0.29) is 17.4 Å². The molecule has 0 fully saturated rings. The van der Waals surface area contributed by atoms with E-state index in [2.05, 4.69) is 26.6 Å². The maximum atomic E-state index is 12.7. The van der Waals surface area contributed by atoms with Crippen LogP contribution in [0.2, 0.25) is 0 Å². The van der Waals surface area contributed by atoms with Gasteiger partial charge in [-0.3, -0.25) is 14.4 Å². The molecular formula is C17H9BrN2O3. The van der Waals surface area contributed by atoms with Crippen molar-refractivity contribution in [3.63, 3.8) is 0 Å². The number of allylic oxidation sites excluding steroid dienone is 1. The highest BCUT2D eigenvalue weighted by Gasteiger charge is 2.35. The molecule has 112 valence electrons. The van der Waals surface area contributed by atoms with E-state index < -0.39 is 0 Å². The van der Waals surface area contributed by atoms with Crippen molar-refractivity contribution in [1.82, 2.24) is 0 Å². The first kappa shape index (κ1) is 13.9. The Balaban J connectivity index is 1.91. The van der Waals surface area contributed by atoms with Crippen LogP contribution in [0.15, 0.2) is 46.6 Å². The van der Waals surface area contributed by atoms with Gasteiger partial charge in [0.1, 0.15) is 12.0 Å². The number of hydrogen-bond acceptors (Lipinski definition) is 4. The summed E-state index contributed by atoms with van der Waals surface area (Å²) in [6, 6.07) is 10.2. The van der Waals surface area contributed by atoms with Crippen molar-refractivity contribution in [1.29, 1.82) is 0 Å². The average molecular weight is 369 g/mol. The molecule has 23 heavy (non-hydrogen) atoms. The summed E-state index contributed by atoms with van der Waals surface area (Å²) < 4.78 is 0.755. The number of anilines is 2. The molecule has 0 saturated heterocycles. The Morgan fingerprint density at radius 1 is 1.00 bits per heavy atom. The monoisotopic (exact) mass is 368 g/mol. The fourth-order valence-electron chi connectivity index (χ4n) is 2.84. The van der Waals surface area contributed by atoms with Crippen LogP contribution in [-0.2, 0) is 4.79 Å². The molecule has 2 aromatic carbocycles. The molecular weight excluding hydrogens is 360 g/mol. The zero-order valence-electron chi connectivity index (χ0n) is 11.6. The first-order chi connectivity index (χ1) is 11.1. The van der Waals surface area contributed by atoms with Crippen molar-refractivity contribution < 1.29 is 14.4 Å². The Hall–Kier alpha value is -2.73. The zero-order chi connectivity index (χ0) is 16.1. The van der Waals surface area contributed by atoms with Gasteiger partial charge in [-0.05, 0) is 40.2 Å². The molecule has 2 aromatic rings. The second-order valence-electron chi connectivity index (χ2n) is 5.24. The number of aldehydes is 1. The molecule has 0 aromatic heterocycles. The topological polar surface area (TPSA) is 75.3 Å². The van der Waals surface area contributed by atoms with Gasteiger partial charge in [0.2, 0.25) is 5.78 Å². The molecule has 0 unspecified atom stereocenters. The van der Waals surface area contributed by atoms with Crippen molar-refractivity contribution in [2.75, 3.05) is 10.6 Å². The lowest BCUT2D eigenvalue weighted by Gasteiger charge is -2.03. The Morgan fingerprint density at radius 3 is 2.61 bits per heavy atom. The molecule has 1 amide bonds. The SMILES string of the molecule is O=Cc1ccc2c(c1)C(=O)/C(=C1/C(=O)Nc3c(Br)cccc31)N2. The molecule has 2 N–H and O–H groups in total. The van der Waals surface area contributed by atoms with Crippen molar-refractivity contribution in [3.05, 3.63) is 63.3 Å². The van der Waals surface area contributed by atoms with Gasteiger partial charge in [0.25, 0.3) is 5.91 Å². The summed E-state index contributed by atoms with van der Waals surface area (Å²) in [5.41, 5.74) is 3.28. The molecule has 6 heteroatoms. The summed E-state index contributed by atoms with van der Waals surface area (Å²) in [5.74, 6) is -0.618. The number of fused-ring (bicyclic) bond motifs is 2. The molecule has 5 nitrogen and oxygen atoms in total. The standard InChI is InChI=1S/C17H9BrN2O3/c18-11-3-1-2-9-13(17(23)20-14(9)11)15-16(22)10-6-8(7-21)4-5-12(10)19-15/h1-7,19H,(H,20,23)/b15-13-. The summed E-state index contributed by atoms with van der Waals surface area (Å²) in [4.78, 5) is 35.9. The number of hydrogen-bond donors (Lipinski definition) is 2. The molecule has 2 heterocycles. The molecule has 0 bridgehead atoms. The predicted molar refractivity (Wildman–Crippen MR) is 89.5 cm³/mol. The van der Waals surface area contributed by atoms with E-state index in [1.54, 1.807) is 24.3 Å². The maximum absolute atomic E-state index is 12.7. The molecule has 0 radical (unpaired) electrons. The van der Waals surface area contributed by atoms with Gasteiger partial charge in [0, 0.05) is 26.9 Å². The van der Waals surface area contributed by atoms with E-state index in [0.29, 0.717) is 39.9 Å². The first-order valence-corrected chi connectivity index (χ1v) is 7.65.